The van der Waals surface area contributed by atoms with Gasteiger partial charge in [-0.15, -0.1) is 0 Å². The maximum Gasteiger partial charge on any atom is 0.307 e. The summed E-state index contributed by atoms with van der Waals surface area (Å²) in [5, 5.41) is 0. The Balaban J connectivity index is 2.54. The lowest BCUT2D eigenvalue weighted by Gasteiger charge is -2.35. The first-order chi connectivity index (χ1) is 11.5. The molecule has 1 aliphatic carbocycles. The van der Waals surface area contributed by atoms with Crippen molar-refractivity contribution in [3.05, 3.63) is 0 Å². The Morgan fingerprint density at radius 3 is 2.33 bits per heavy atom. The fraction of sp³-hybridized carbons (Fsp3) is 0.900. The maximum atomic E-state index is 13.0. The zero-order valence-electron chi connectivity index (χ0n) is 16.2. The Morgan fingerprint density at radius 1 is 1.12 bits per heavy atom. The SMILES string of the molecule is CCCCC1CCC(C(=O)N(CCC(=O)OCC)C(C)CC)CC1. The maximum absolute atomic E-state index is 13.0. The number of rotatable bonds is 10. The van der Waals surface area contributed by atoms with Crippen LogP contribution >= 0.6 is 0 Å². The van der Waals surface area contributed by atoms with Crippen molar-refractivity contribution in [3.63, 3.8) is 0 Å². The van der Waals surface area contributed by atoms with Gasteiger partial charge in [0.25, 0.3) is 0 Å². The third kappa shape index (κ3) is 6.82. The summed E-state index contributed by atoms with van der Waals surface area (Å²) in [6, 6.07) is 0.185. The fourth-order valence-corrected chi connectivity index (χ4v) is 3.64. The first kappa shape index (κ1) is 21.0. The minimum Gasteiger partial charge on any atom is -0.466 e. The highest BCUT2D eigenvalue weighted by atomic mass is 16.5. The van der Waals surface area contributed by atoms with E-state index in [1.807, 2.05) is 11.8 Å². The molecule has 0 N–H and O–H groups in total. The molecule has 4 nitrogen and oxygen atoms in total. The van der Waals surface area contributed by atoms with E-state index in [0.717, 1.165) is 25.2 Å². The largest absolute Gasteiger partial charge is 0.466 e. The van der Waals surface area contributed by atoms with Crippen LogP contribution in [0.15, 0.2) is 0 Å². The minimum absolute atomic E-state index is 0.152. The van der Waals surface area contributed by atoms with Gasteiger partial charge in [0, 0.05) is 18.5 Å². The molecule has 0 bridgehead atoms. The number of carbonyl (C=O) groups excluding carboxylic acids is 2. The second-order valence-corrected chi connectivity index (χ2v) is 7.20. The van der Waals surface area contributed by atoms with Crippen molar-refractivity contribution in [2.24, 2.45) is 11.8 Å². The van der Waals surface area contributed by atoms with E-state index in [9.17, 15) is 9.59 Å². The Hall–Kier alpha value is -1.06. The van der Waals surface area contributed by atoms with Crippen LogP contribution in [0.3, 0.4) is 0 Å². The van der Waals surface area contributed by atoms with Crippen LogP contribution in [0.1, 0.15) is 85.5 Å². The lowest BCUT2D eigenvalue weighted by molar-refractivity contribution is -0.145. The molecule has 0 radical (unpaired) electrons. The zero-order valence-corrected chi connectivity index (χ0v) is 16.2. The molecule has 0 aromatic heterocycles. The summed E-state index contributed by atoms with van der Waals surface area (Å²) < 4.78 is 5.01. The molecule has 140 valence electrons. The van der Waals surface area contributed by atoms with Gasteiger partial charge in [-0.3, -0.25) is 9.59 Å². The topological polar surface area (TPSA) is 46.6 Å². The molecular formula is C20H37NO3. The predicted molar refractivity (Wildman–Crippen MR) is 97.7 cm³/mol. The van der Waals surface area contributed by atoms with E-state index < -0.39 is 0 Å². The molecule has 0 heterocycles. The van der Waals surface area contributed by atoms with Gasteiger partial charge in [0.05, 0.1) is 13.0 Å². The summed E-state index contributed by atoms with van der Waals surface area (Å²) in [6.07, 6.45) is 9.49. The average Bonchev–Trinajstić information content (AvgIpc) is 2.60. The van der Waals surface area contributed by atoms with Crippen LogP contribution in [0.4, 0.5) is 0 Å². The van der Waals surface area contributed by atoms with Gasteiger partial charge in [-0.2, -0.15) is 0 Å². The van der Waals surface area contributed by atoms with Crippen LogP contribution in [0.25, 0.3) is 0 Å². The van der Waals surface area contributed by atoms with Gasteiger partial charge in [-0.1, -0.05) is 33.1 Å². The molecule has 1 amide bonds. The Morgan fingerprint density at radius 2 is 1.79 bits per heavy atom. The van der Waals surface area contributed by atoms with E-state index in [1.165, 1.54) is 32.1 Å². The number of hydrogen-bond acceptors (Lipinski definition) is 3. The van der Waals surface area contributed by atoms with Gasteiger partial charge in [0.2, 0.25) is 5.91 Å². The van der Waals surface area contributed by atoms with Crippen molar-refractivity contribution in [3.8, 4) is 0 Å². The number of carbonyl (C=O) groups is 2. The average molecular weight is 340 g/mol. The molecule has 1 unspecified atom stereocenters. The van der Waals surface area contributed by atoms with E-state index in [1.54, 1.807) is 0 Å². The standard InChI is InChI=1S/C20H37NO3/c1-5-8-9-17-10-12-18(13-11-17)20(23)21(16(4)6-2)15-14-19(22)24-7-3/h16-18H,5-15H2,1-4H3. The summed E-state index contributed by atoms with van der Waals surface area (Å²) in [7, 11) is 0. The molecule has 1 rings (SSSR count). The van der Waals surface area contributed by atoms with Gasteiger partial charge in [0.1, 0.15) is 0 Å². The first-order valence-corrected chi connectivity index (χ1v) is 9.99. The number of ether oxygens (including phenoxy) is 1. The molecule has 1 aliphatic rings. The van der Waals surface area contributed by atoms with Crippen LogP contribution < -0.4 is 0 Å². The molecule has 1 atom stereocenters. The molecule has 0 spiro atoms. The minimum atomic E-state index is -0.207. The van der Waals surface area contributed by atoms with E-state index in [0.29, 0.717) is 19.6 Å². The summed E-state index contributed by atoms with van der Waals surface area (Å²) >= 11 is 0. The molecular weight excluding hydrogens is 302 g/mol. The van der Waals surface area contributed by atoms with E-state index >= 15 is 0 Å². The molecule has 1 saturated carbocycles. The van der Waals surface area contributed by atoms with Crippen molar-refractivity contribution < 1.29 is 14.3 Å². The summed E-state index contributed by atoms with van der Waals surface area (Å²) in [5.74, 6) is 1.01. The van der Waals surface area contributed by atoms with Gasteiger partial charge in [-0.05, 0) is 51.9 Å². The van der Waals surface area contributed by atoms with Crippen molar-refractivity contribution >= 4 is 11.9 Å². The first-order valence-electron chi connectivity index (χ1n) is 9.99. The highest BCUT2D eigenvalue weighted by Crippen LogP contribution is 2.33. The summed E-state index contributed by atoms with van der Waals surface area (Å²) in [6.45, 7) is 9.11. The molecule has 0 aromatic rings. The smallest absolute Gasteiger partial charge is 0.307 e. The van der Waals surface area contributed by atoms with E-state index in [4.69, 9.17) is 4.74 Å². The Kier molecular flexibility index (Phi) is 10.0. The molecule has 1 fully saturated rings. The molecule has 4 heteroatoms. The second kappa shape index (κ2) is 11.5. The van der Waals surface area contributed by atoms with Crippen molar-refractivity contribution in [2.45, 2.75) is 91.5 Å². The monoisotopic (exact) mass is 339 g/mol. The second-order valence-electron chi connectivity index (χ2n) is 7.20. The van der Waals surface area contributed by atoms with E-state index in [-0.39, 0.29) is 23.8 Å². The third-order valence-corrected chi connectivity index (χ3v) is 5.43. The zero-order chi connectivity index (χ0) is 17.9. The van der Waals surface area contributed by atoms with Crippen LogP contribution in [0, 0.1) is 11.8 Å². The van der Waals surface area contributed by atoms with Crippen molar-refractivity contribution in [1.82, 2.24) is 4.90 Å². The summed E-state index contributed by atoms with van der Waals surface area (Å²) in [5.41, 5.74) is 0. The molecule has 0 saturated heterocycles. The van der Waals surface area contributed by atoms with E-state index in [2.05, 4.69) is 20.8 Å². The lowest BCUT2D eigenvalue weighted by Crippen LogP contribution is -2.44. The highest BCUT2D eigenvalue weighted by molar-refractivity contribution is 5.80. The number of esters is 1. The van der Waals surface area contributed by atoms with Crippen LogP contribution in [0.2, 0.25) is 0 Å². The van der Waals surface area contributed by atoms with Gasteiger partial charge in [0.15, 0.2) is 0 Å². The lowest BCUT2D eigenvalue weighted by atomic mass is 9.79. The van der Waals surface area contributed by atoms with Gasteiger partial charge < -0.3 is 9.64 Å². The van der Waals surface area contributed by atoms with Crippen molar-refractivity contribution in [1.29, 1.82) is 0 Å². The Labute approximate surface area is 148 Å². The Bertz CT molecular complexity index is 375. The third-order valence-electron chi connectivity index (χ3n) is 5.43. The number of hydrogen-bond donors (Lipinski definition) is 0. The predicted octanol–water partition coefficient (Wildman–Crippen LogP) is 4.56. The van der Waals surface area contributed by atoms with Crippen LogP contribution in [-0.2, 0) is 14.3 Å². The quantitative estimate of drug-likeness (QED) is 0.548. The van der Waals surface area contributed by atoms with Crippen LogP contribution in [-0.4, -0.2) is 36.0 Å². The molecule has 24 heavy (non-hydrogen) atoms. The molecule has 0 aromatic carbocycles. The van der Waals surface area contributed by atoms with Gasteiger partial charge >= 0.3 is 5.97 Å². The fourth-order valence-electron chi connectivity index (χ4n) is 3.64. The number of unbranched alkanes of at least 4 members (excludes halogenated alkanes) is 1. The van der Waals surface area contributed by atoms with Gasteiger partial charge in [-0.25, -0.2) is 0 Å². The highest BCUT2D eigenvalue weighted by Gasteiger charge is 2.31. The summed E-state index contributed by atoms with van der Waals surface area (Å²) in [4.78, 5) is 26.5. The van der Waals surface area contributed by atoms with Crippen molar-refractivity contribution in [2.75, 3.05) is 13.2 Å². The molecule has 0 aliphatic heterocycles. The van der Waals surface area contributed by atoms with Crippen LogP contribution in [0.5, 0.6) is 0 Å². The number of nitrogens with zero attached hydrogens (tertiary/aromatic N) is 1. The number of amides is 1. The normalized spacial score (nSPS) is 22.0.